The highest BCUT2D eigenvalue weighted by Crippen LogP contribution is 2.24. The number of hydrogen-bond donors (Lipinski definition) is 0. The number of para-hydroxylation sites is 1. The first-order valence-corrected chi connectivity index (χ1v) is 6.21. The van der Waals surface area contributed by atoms with E-state index in [4.69, 9.17) is 0 Å². The van der Waals surface area contributed by atoms with Gasteiger partial charge in [-0.15, -0.1) is 0 Å². The lowest BCUT2D eigenvalue weighted by atomic mass is 10.1. The molecule has 3 aromatic rings. The average molecular weight is 251 g/mol. The third-order valence-corrected chi connectivity index (χ3v) is 3.13. The average Bonchev–Trinajstić information content (AvgIpc) is 2.87. The van der Waals surface area contributed by atoms with Crippen LogP contribution in [0.2, 0.25) is 0 Å². The molecule has 0 saturated carbocycles. The lowest BCUT2D eigenvalue weighted by Crippen LogP contribution is -1.97. The number of ketones is 1. The van der Waals surface area contributed by atoms with Gasteiger partial charge in [0.25, 0.3) is 0 Å². The highest BCUT2D eigenvalue weighted by Gasteiger charge is 2.14. The molecule has 0 aliphatic rings. The number of carbonyl (C=O) groups excluding carboxylic acids is 1. The van der Waals surface area contributed by atoms with E-state index >= 15 is 0 Å². The number of hydrogen-bond acceptors (Lipinski definition) is 3. The van der Waals surface area contributed by atoms with Gasteiger partial charge in [0.05, 0.1) is 11.7 Å². The molecular formula is C15H13N3O. The second-order valence-electron chi connectivity index (χ2n) is 4.27. The largest absolute Gasteiger partial charge is 0.299 e. The van der Waals surface area contributed by atoms with E-state index in [1.54, 1.807) is 18.6 Å². The summed E-state index contributed by atoms with van der Waals surface area (Å²) < 4.78 is 1.91. The van der Waals surface area contributed by atoms with Crippen LogP contribution in [-0.2, 0) is 0 Å². The van der Waals surface area contributed by atoms with Crippen LogP contribution in [-0.4, -0.2) is 20.3 Å². The number of benzene rings is 1. The zero-order chi connectivity index (χ0) is 13.2. The van der Waals surface area contributed by atoms with Crippen LogP contribution < -0.4 is 0 Å². The van der Waals surface area contributed by atoms with E-state index in [1.165, 1.54) is 0 Å². The monoisotopic (exact) mass is 251 g/mol. The lowest BCUT2D eigenvalue weighted by molar-refractivity contribution is 0.0989. The van der Waals surface area contributed by atoms with Gasteiger partial charge in [0.15, 0.2) is 11.6 Å². The van der Waals surface area contributed by atoms with Crippen molar-refractivity contribution in [2.24, 2.45) is 0 Å². The molecule has 4 heteroatoms. The molecule has 94 valence electrons. The molecule has 0 amide bonds. The van der Waals surface area contributed by atoms with Crippen molar-refractivity contribution < 1.29 is 4.79 Å². The fourth-order valence-corrected chi connectivity index (χ4v) is 2.20. The first-order chi connectivity index (χ1) is 9.31. The number of Topliss-reactive ketones (excluding diaryl/α,β-unsaturated/α-hetero) is 1. The molecule has 0 spiro atoms. The molecule has 0 radical (unpaired) electrons. The van der Waals surface area contributed by atoms with E-state index in [0.29, 0.717) is 12.2 Å². The van der Waals surface area contributed by atoms with Crippen molar-refractivity contribution in [1.82, 2.24) is 14.5 Å². The zero-order valence-electron chi connectivity index (χ0n) is 10.6. The van der Waals surface area contributed by atoms with Gasteiger partial charge in [0, 0.05) is 36.0 Å². The quantitative estimate of drug-likeness (QED) is 0.672. The Balaban J connectivity index is 2.29. The molecule has 0 bridgehead atoms. The molecule has 4 nitrogen and oxygen atoms in total. The van der Waals surface area contributed by atoms with Crippen molar-refractivity contribution in [1.29, 1.82) is 0 Å². The van der Waals surface area contributed by atoms with E-state index in [-0.39, 0.29) is 5.78 Å². The van der Waals surface area contributed by atoms with Crippen LogP contribution in [0.4, 0.5) is 0 Å². The molecule has 0 aliphatic heterocycles. The Kier molecular flexibility index (Phi) is 2.83. The second kappa shape index (κ2) is 4.65. The van der Waals surface area contributed by atoms with Gasteiger partial charge in [-0.05, 0) is 6.07 Å². The van der Waals surface area contributed by atoms with Crippen molar-refractivity contribution in [2.45, 2.75) is 13.3 Å². The molecule has 0 atom stereocenters. The third-order valence-electron chi connectivity index (χ3n) is 3.13. The van der Waals surface area contributed by atoms with Gasteiger partial charge in [-0.1, -0.05) is 25.1 Å². The van der Waals surface area contributed by atoms with E-state index in [2.05, 4.69) is 9.97 Å². The minimum absolute atomic E-state index is 0.138. The normalized spacial score (nSPS) is 10.8. The van der Waals surface area contributed by atoms with Crippen molar-refractivity contribution in [2.75, 3.05) is 0 Å². The first kappa shape index (κ1) is 11.6. The fourth-order valence-electron chi connectivity index (χ4n) is 2.20. The molecule has 0 N–H and O–H groups in total. The van der Waals surface area contributed by atoms with Gasteiger partial charge in [-0.3, -0.25) is 14.3 Å². The molecule has 0 unspecified atom stereocenters. The molecule has 3 rings (SSSR count). The van der Waals surface area contributed by atoms with Crippen LogP contribution in [0.25, 0.3) is 16.7 Å². The fraction of sp³-hybridized carbons (Fsp3) is 0.133. The molecule has 0 saturated heterocycles. The number of fused-ring (bicyclic) bond motifs is 1. The van der Waals surface area contributed by atoms with Crippen LogP contribution >= 0.6 is 0 Å². The Morgan fingerprint density at radius 2 is 2.11 bits per heavy atom. The number of nitrogens with zero attached hydrogens (tertiary/aromatic N) is 3. The highest BCUT2D eigenvalue weighted by molar-refractivity contribution is 6.08. The Bertz CT molecular complexity index is 731. The van der Waals surface area contributed by atoms with Crippen LogP contribution in [0.3, 0.4) is 0 Å². The van der Waals surface area contributed by atoms with Gasteiger partial charge < -0.3 is 0 Å². The second-order valence-corrected chi connectivity index (χ2v) is 4.27. The number of carbonyl (C=O) groups is 1. The summed E-state index contributed by atoms with van der Waals surface area (Å²) in [6, 6.07) is 7.84. The van der Waals surface area contributed by atoms with E-state index in [9.17, 15) is 4.79 Å². The summed E-state index contributed by atoms with van der Waals surface area (Å²) in [7, 11) is 0. The smallest absolute Gasteiger partial charge is 0.164 e. The van der Waals surface area contributed by atoms with Gasteiger partial charge >= 0.3 is 0 Å². The zero-order valence-corrected chi connectivity index (χ0v) is 10.6. The Hall–Kier alpha value is -2.49. The highest BCUT2D eigenvalue weighted by atomic mass is 16.1. The van der Waals surface area contributed by atoms with Crippen molar-refractivity contribution in [3.05, 3.63) is 54.6 Å². The Labute approximate surface area is 110 Å². The predicted molar refractivity (Wildman–Crippen MR) is 73.5 cm³/mol. The predicted octanol–water partition coefficient (Wildman–Crippen LogP) is 3.01. The molecule has 2 heterocycles. The van der Waals surface area contributed by atoms with Crippen molar-refractivity contribution >= 4 is 16.7 Å². The topological polar surface area (TPSA) is 47.8 Å². The van der Waals surface area contributed by atoms with Gasteiger partial charge in [0.1, 0.15) is 0 Å². The molecule has 19 heavy (non-hydrogen) atoms. The lowest BCUT2D eigenvalue weighted by Gasteiger charge is -2.02. The van der Waals surface area contributed by atoms with Gasteiger partial charge in [0.2, 0.25) is 0 Å². The van der Waals surface area contributed by atoms with E-state index in [1.807, 2.05) is 42.0 Å². The van der Waals surface area contributed by atoms with E-state index < -0.39 is 0 Å². The Morgan fingerprint density at radius 1 is 1.26 bits per heavy atom. The maximum Gasteiger partial charge on any atom is 0.164 e. The molecule has 2 aromatic heterocycles. The van der Waals surface area contributed by atoms with Crippen LogP contribution in [0, 0.1) is 0 Å². The summed E-state index contributed by atoms with van der Waals surface area (Å²) in [5.74, 6) is 0.854. The minimum Gasteiger partial charge on any atom is -0.299 e. The van der Waals surface area contributed by atoms with Crippen molar-refractivity contribution in [3.8, 4) is 5.82 Å². The standard InChI is InChI=1S/C15H13N3O/c1-2-14(19)12-10-18(15-9-16-7-8-17-15)13-6-4-3-5-11(12)13/h3-10H,2H2,1H3. The summed E-state index contributed by atoms with van der Waals surface area (Å²) in [6.45, 7) is 1.87. The number of aromatic nitrogens is 3. The maximum absolute atomic E-state index is 12.0. The van der Waals surface area contributed by atoms with Crippen LogP contribution in [0.15, 0.2) is 49.1 Å². The molecule has 1 aromatic carbocycles. The molecule has 0 fully saturated rings. The van der Waals surface area contributed by atoms with Gasteiger partial charge in [-0.2, -0.15) is 0 Å². The van der Waals surface area contributed by atoms with Crippen LogP contribution in [0.5, 0.6) is 0 Å². The molecular weight excluding hydrogens is 238 g/mol. The minimum atomic E-state index is 0.138. The summed E-state index contributed by atoms with van der Waals surface area (Å²) >= 11 is 0. The molecule has 0 aliphatic carbocycles. The van der Waals surface area contributed by atoms with E-state index in [0.717, 1.165) is 16.5 Å². The van der Waals surface area contributed by atoms with Crippen LogP contribution in [0.1, 0.15) is 23.7 Å². The number of rotatable bonds is 3. The van der Waals surface area contributed by atoms with Gasteiger partial charge in [-0.25, -0.2) is 4.98 Å². The first-order valence-electron chi connectivity index (χ1n) is 6.21. The third kappa shape index (κ3) is 1.91. The Morgan fingerprint density at radius 3 is 2.84 bits per heavy atom. The summed E-state index contributed by atoms with van der Waals surface area (Å²) in [5, 5.41) is 0.958. The summed E-state index contributed by atoms with van der Waals surface area (Å²) in [6.07, 6.45) is 7.31. The summed E-state index contributed by atoms with van der Waals surface area (Å²) in [4.78, 5) is 20.4. The SMILES string of the molecule is CCC(=O)c1cn(-c2cnccn2)c2ccccc12. The van der Waals surface area contributed by atoms with Crippen molar-refractivity contribution in [3.63, 3.8) is 0 Å². The maximum atomic E-state index is 12.0. The summed E-state index contributed by atoms with van der Waals surface area (Å²) in [5.41, 5.74) is 1.71.